The third-order valence-corrected chi connectivity index (χ3v) is 6.74. The van der Waals surface area contributed by atoms with E-state index in [9.17, 15) is 23.1 Å². The van der Waals surface area contributed by atoms with Gasteiger partial charge in [0.15, 0.2) is 0 Å². The number of aliphatic carboxylic acids is 1. The smallest absolute Gasteiger partial charge is 0.496 e. The highest BCUT2D eigenvalue weighted by molar-refractivity contribution is 5.73. The first-order chi connectivity index (χ1) is 19.1. The van der Waals surface area contributed by atoms with Gasteiger partial charge in [-0.1, -0.05) is 78.9 Å². The number of rotatable bonds is 11. The van der Waals surface area contributed by atoms with Crippen LogP contribution in [0, 0.1) is 0 Å². The van der Waals surface area contributed by atoms with Gasteiger partial charge in [0.1, 0.15) is 11.5 Å². The second-order valence-corrected chi connectivity index (χ2v) is 9.39. The molecule has 4 aromatic rings. The Morgan fingerprint density at radius 3 is 2.17 bits per heavy atom. The first kappa shape index (κ1) is 28.7. The summed E-state index contributed by atoms with van der Waals surface area (Å²) in [5.74, 6) is -0.892. The van der Waals surface area contributed by atoms with Gasteiger partial charge < -0.3 is 14.6 Å². The molecule has 4 rings (SSSR count). The molecule has 0 bridgehead atoms. The summed E-state index contributed by atoms with van der Waals surface area (Å²) in [7, 11) is 1.47. The minimum Gasteiger partial charge on any atom is -0.496 e. The second kappa shape index (κ2) is 12.7. The number of alkyl halides is 3. The Hall–Kier alpha value is -4.30. The number of nitrogens with zero attached hydrogens (tertiary/aromatic N) is 1. The highest BCUT2D eigenvalue weighted by atomic mass is 19.4. The number of hydrogen-bond donors (Lipinski definition) is 1. The zero-order valence-electron chi connectivity index (χ0n) is 22.1. The van der Waals surface area contributed by atoms with Crippen molar-refractivity contribution in [2.75, 3.05) is 7.11 Å². The van der Waals surface area contributed by atoms with Gasteiger partial charge in [-0.25, -0.2) is 0 Å². The number of carboxylic acid groups (broad SMARTS) is 1. The van der Waals surface area contributed by atoms with Crippen LogP contribution in [-0.4, -0.2) is 29.4 Å². The average Bonchev–Trinajstić information content (AvgIpc) is 2.94. The fraction of sp³-hybridized carbons (Fsp3) is 0.219. The highest BCUT2D eigenvalue weighted by Gasteiger charge is 2.32. The number of carbonyl (C=O) groups is 1. The number of hydrogen-bond acceptors (Lipinski definition) is 4. The van der Waals surface area contributed by atoms with Crippen molar-refractivity contribution in [3.05, 3.63) is 120 Å². The Balaban J connectivity index is 1.82. The second-order valence-electron chi connectivity index (χ2n) is 9.39. The molecule has 0 fully saturated rings. The molecular weight excluding hydrogens is 519 g/mol. The van der Waals surface area contributed by atoms with Crippen molar-refractivity contribution >= 4 is 5.97 Å². The van der Waals surface area contributed by atoms with Gasteiger partial charge >= 0.3 is 12.3 Å². The van der Waals surface area contributed by atoms with E-state index in [4.69, 9.17) is 4.74 Å². The molecular formula is C32H30F3NO4. The Labute approximate surface area is 231 Å². The van der Waals surface area contributed by atoms with Gasteiger partial charge in [0, 0.05) is 24.2 Å². The molecule has 0 aliphatic rings. The van der Waals surface area contributed by atoms with E-state index in [1.165, 1.54) is 25.3 Å². The molecule has 40 heavy (non-hydrogen) atoms. The molecule has 0 saturated heterocycles. The van der Waals surface area contributed by atoms with Crippen LogP contribution in [0.3, 0.4) is 0 Å². The van der Waals surface area contributed by atoms with E-state index in [0.717, 1.165) is 11.1 Å². The Bertz CT molecular complexity index is 1410. The SMILES string of the molecule is COc1ccc([C@H](CC(=O)O)N(Cc2ccccc2)[C@H](C)c2ccccc2)cc1-c1cccc(OC(F)(F)F)c1. The predicted molar refractivity (Wildman–Crippen MR) is 147 cm³/mol. The lowest BCUT2D eigenvalue weighted by atomic mass is 9.93. The summed E-state index contributed by atoms with van der Waals surface area (Å²) in [6.45, 7) is 2.51. The van der Waals surface area contributed by atoms with Crippen LogP contribution in [0.15, 0.2) is 103 Å². The first-order valence-corrected chi connectivity index (χ1v) is 12.7. The number of ether oxygens (including phenoxy) is 2. The van der Waals surface area contributed by atoms with Gasteiger partial charge in [-0.3, -0.25) is 9.69 Å². The maximum absolute atomic E-state index is 12.9. The lowest BCUT2D eigenvalue weighted by Crippen LogP contribution is -2.32. The Morgan fingerprint density at radius 2 is 1.55 bits per heavy atom. The molecule has 0 aliphatic heterocycles. The lowest BCUT2D eigenvalue weighted by Gasteiger charge is -2.37. The number of methoxy groups -OCH3 is 1. The third kappa shape index (κ3) is 7.42. The fourth-order valence-electron chi connectivity index (χ4n) is 4.85. The van der Waals surface area contributed by atoms with Crippen molar-refractivity contribution < 1.29 is 32.5 Å². The Kier molecular flexibility index (Phi) is 9.11. The monoisotopic (exact) mass is 549 g/mol. The van der Waals surface area contributed by atoms with E-state index in [1.54, 1.807) is 18.2 Å². The van der Waals surface area contributed by atoms with Gasteiger partial charge in [-0.2, -0.15) is 0 Å². The van der Waals surface area contributed by atoms with Crippen LogP contribution in [0.25, 0.3) is 11.1 Å². The number of halogens is 3. The minimum absolute atomic E-state index is 0.153. The van der Waals surface area contributed by atoms with E-state index in [1.807, 2.05) is 73.7 Å². The van der Waals surface area contributed by atoms with E-state index < -0.39 is 18.4 Å². The summed E-state index contributed by atoms with van der Waals surface area (Å²) in [5.41, 5.74) is 3.71. The van der Waals surface area contributed by atoms with Crippen LogP contribution in [0.2, 0.25) is 0 Å². The first-order valence-electron chi connectivity index (χ1n) is 12.7. The van der Waals surface area contributed by atoms with Crippen molar-refractivity contribution in [3.63, 3.8) is 0 Å². The van der Waals surface area contributed by atoms with Crippen LogP contribution in [0.4, 0.5) is 13.2 Å². The molecule has 0 radical (unpaired) electrons. The van der Waals surface area contributed by atoms with Crippen molar-refractivity contribution in [2.24, 2.45) is 0 Å². The van der Waals surface area contributed by atoms with Crippen LogP contribution in [-0.2, 0) is 11.3 Å². The molecule has 0 heterocycles. The van der Waals surface area contributed by atoms with E-state index in [2.05, 4.69) is 9.64 Å². The molecule has 0 aliphatic carbocycles. The molecule has 0 amide bonds. The van der Waals surface area contributed by atoms with Gasteiger partial charge in [-0.05, 0) is 53.4 Å². The highest BCUT2D eigenvalue weighted by Crippen LogP contribution is 2.40. The van der Waals surface area contributed by atoms with Gasteiger partial charge in [0.2, 0.25) is 0 Å². The van der Waals surface area contributed by atoms with Crippen molar-refractivity contribution in [3.8, 4) is 22.6 Å². The molecule has 1 N–H and O–H groups in total. The van der Waals surface area contributed by atoms with Gasteiger partial charge in [-0.15, -0.1) is 13.2 Å². The predicted octanol–water partition coefficient (Wildman–Crippen LogP) is 8.04. The molecule has 0 aromatic heterocycles. The zero-order chi connectivity index (χ0) is 28.7. The van der Waals surface area contributed by atoms with Crippen molar-refractivity contribution in [1.82, 2.24) is 4.90 Å². The van der Waals surface area contributed by atoms with Crippen LogP contribution in [0.1, 0.15) is 42.1 Å². The largest absolute Gasteiger partial charge is 0.573 e. The molecule has 0 saturated carbocycles. The molecule has 0 spiro atoms. The third-order valence-electron chi connectivity index (χ3n) is 6.74. The molecule has 0 unspecified atom stereocenters. The fourth-order valence-corrected chi connectivity index (χ4v) is 4.85. The Morgan fingerprint density at radius 1 is 0.875 bits per heavy atom. The summed E-state index contributed by atoms with van der Waals surface area (Å²) < 4.78 is 48.3. The van der Waals surface area contributed by atoms with Crippen LogP contribution >= 0.6 is 0 Å². The normalized spacial score (nSPS) is 13.1. The van der Waals surface area contributed by atoms with Crippen LogP contribution < -0.4 is 9.47 Å². The topological polar surface area (TPSA) is 59.0 Å². The molecule has 4 aromatic carbocycles. The van der Waals surface area contributed by atoms with E-state index in [0.29, 0.717) is 29.0 Å². The van der Waals surface area contributed by atoms with Crippen molar-refractivity contribution in [1.29, 1.82) is 0 Å². The summed E-state index contributed by atoms with van der Waals surface area (Å²) in [6.07, 6.45) is -5.02. The summed E-state index contributed by atoms with van der Waals surface area (Å²) in [6, 6.07) is 29.9. The summed E-state index contributed by atoms with van der Waals surface area (Å²) in [5, 5.41) is 9.97. The summed E-state index contributed by atoms with van der Waals surface area (Å²) in [4.78, 5) is 14.3. The van der Waals surface area contributed by atoms with Gasteiger partial charge in [0.05, 0.1) is 13.5 Å². The van der Waals surface area contributed by atoms with Crippen molar-refractivity contribution in [2.45, 2.75) is 38.3 Å². The molecule has 8 heteroatoms. The average molecular weight is 550 g/mol. The maximum atomic E-state index is 12.9. The quantitative estimate of drug-likeness (QED) is 0.205. The lowest BCUT2D eigenvalue weighted by molar-refractivity contribution is -0.274. The number of benzene rings is 4. The zero-order valence-corrected chi connectivity index (χ0v) is 22.1. The maximum Gasteiger partial charge on any atom is 0.573 e. The minimum atomic E-state index is -4.83. The number of carboxylic acids is 1. The molecule has 2 atom stereocenters. The molecule has 208 valence electrons. The van der Waals surface area contributed by atoms with Gasteiger partial charge in [0.25, 0.3) is 0 Å². The molecule has 5 nitrogen and oxygen atoms in total. The summed E-state index contributed by atoms with van der Waals surface area (Å²) >= 11 is 0. The van der Waals surface area contributed by atoms with E-state index >= 15 is 0 Å². The van der Waals surface area contributed by atoms with E-state index in [-0.39, 0.29) is 18.2 Å². The van der Waals surface area contributed by atoms with Crippen LogP contribution in [0.5, 0.6) is 11.5 Å². The standard InChI is InChI=1S/C32H30F3NO4/c1-22(24-12-7-4-8-13-24)36(21-23-10-5-3-6-11-23)29(20-31(37)38)26-16-17-30(39-2)28(19-26)25-14-9-15-27(18-25)40-32(33,34)35/h3-19,22,29H,20-21H2,1-2H3,(H,37,38)/t22-,29+/m1/s1.